The SMILES string of the molecule is Cc1ccc(-c2ccc(=O)n(CC(=O)NCc3ccccc3)n2)s1. The van der Waals surface area contributed by atoms with Crippen LogP contribution in [0.15, 0.2) is 59.4 Å². The molecule has 0 bridgehead atoms. The molecule has 1 amide bonds. The van der Waals surface area contributed by atoms with E-state index in [-0.39, 0.29) is 18.0 Å². The van der Waals surface area contributed by atoms with Crippen molar-refractivity contribution >= 4 is 17.2 Å². The molecule has 0 unspecified atom stereocenters. The van der Waals surface area contributed by atoms with E-state index in [1.165, 1.54) is 15.6 Å². The third-order valence-electron chi connectivity index (χ3n) is 3.49. The summed E-state index contributed by atoms with van der Waals surface area (Å²) in [6.45, 7) is 2.35. The first-order valence-corrected chi connectivity index (χ1v) is 8.39. The Hall–Kier alpha value is -2.73. The van der Waals surface area contributed by atoms with E-state index < -0.39 is 0 Å². The average Bonchev–Trinajstić information content (AvgIpc) is 3.02. The molecule has 2 aromatic heterocycles. The molecule has 2 heterocycles. The fourth-order valence-electron chi connectivity index (χ4n) is 2.25. The van der Waals surface area contributed by atoms with Crippen LogP contribution in [0.3, 0.4) is 0 Å². The second-order valence-electron chi connectivity index (χ2n) is 5.39. The summed E-state index contributed by atoms with van der Waals surface area (Å²) in [6, 6.07) is 16.7. The number of rotatable bonds is 5. The van der Waals surface area contributed by atoms with Gasteiger partial charge in [0.1, 0.15) is 12.2 Å². The van der Waals surface area contributed by atoms with Crippen LogP contribution in [0.4, 0.5) is 0 Å². The van der Waals surface area contributed by atoms with Crippen LogP contribution in [0.25, 0.3) is 10.6 Å². The van der Waals surface area contributed by atoms with Gasteiger partial charge in [0.2, 0.25) is 5.91 Å². The highest BCUT2D eigenvalue weighted by atomic mass is 32.1. The lowest BCUT2D eigenvalue weighted by Crippen LogP contribution is -2.33. The summed E-state index contributed by atoms with van der Waals surface area (Å²) in [5.41, 5.74) is 1.42. The summed E-state index contributed by atoms with van der Waals surface area (Å²) in [4.78, 5) is 26.2. The number of amides is 1. The predicted octanol–water partition coefficient (Wildman–Crippen LogP) is 2.60. The van der Waals surface area contributed by atoms with Crippen molar-refractivity contribution in [2.45, 2.75) is 20.0 Å². The van der Waals surface area contributed by atoms with E-state index in [2.05, 4.69) is 10.4 Å². The molecule has 0 atom stereocenters. The molecule has 1 N–H and O–H groups in total. The summed E-state index contributed by atoms with van der Waals surface area (Å²) in [7, 11) is 0. The molecule has 0 saturated heterocycles. The van der Waals surface area contributed by atoms with Crippen molar-refractivity contribution in [3.8, 4) is 10.6 Å². The van der Waals surface area contributed by atoms with E-state index in [4.69, 9.17) is 0 Å². The van der Waals surface area contributed by atoms with Crippen LogP contribution >= 0.6 is 11.3 Å². The molecule has 0 spiro atoms. The molecule has 1 aromatic carbocycles. The Bertz CT molecular complexity index is 900. The van der Waals surface area contributed by atoms with Crippen LogP contribution in [0.5, 0.6) is 0 Å². The quantitative estimate of drug-likeness (QED) is 0.777. The molecule has 5 nitrogen and oxygen atoms in total. The highest BCUT2D eigenvalue weighted by Gasteiger charge is 2.09. The first kappa shape index (κ1) is 16.1. The summed E-state index contributed by atoms with van der Waals surface area (Å²) >= 11 is 1.60. The van der Waals surface area contributed by atoms with Crippen LogP contribution in [-0.4, -0.2) is 15.7 Å². The number of thiophene rings is 1. The van der Waals surface area contributed by atoms with Gasteiger partial charge in [-0.25, -0.2) is 4.68 Å². The summed E-state index contributed by atoms with van der Waals surface area (Å²) in [5, 5.41) is 7.11. The van der Waals surface area contributed by atoms with Crippen molar-refractivity contribution in [1.82, 2.24) is 15.1 Å². The van der Waals surface area contributed by atoms with Gasteiger partial charge in [-0.3, -0.25) is 9.59 Å². The van der Waals surface area contributed by atoms with Gasteiger partial charge in [0, 0.05) is 17.5 Å². The molecule has 0 aliphatic rings. The first-order chi connectivity index (χ1) is 11.6. The highest BCUT2D eigenvalue weighted by molar-refractivity contribution is 7.15. The first-order valence-electron chi connectivity index (χ1n) is 7.57. The molecule has 0 radical (unpaired) electrons. The number of hydrogen-bond donors (Lipinski definition) is 1. The van der Waals surface area contributed by atoms with Crippen molar-refractivity contribution < 1.29 is 4.79 Å². The number of aryl methyl sites for hydroxylation is 1. The number of carbonyl (C=O) groups excluding carboxylic acids is 1. The van der Waals surface area contributed by atoms with Crippen molar-refractivity contribution in [2.75, 3.05) is 0 Å². The number of aromatic nitrogens is 2. The predicted molar refractivity (Wildman–Crippen MR) is 94.8 cm³/mol. The molecule has 0 saturated carbocycles. The third-order valence-corrected chi connectivity index (χ3v) is 4.51. The van der Waals surface area contributed by atoms with E-state index in [1.807, 2.05) is 49.4 Å². The van der Waals surface area contributed by atoms with Gasteiger partial charge in [-0.15, -0.1) is 11.3 Å². The lowest BCUT2D eigenvalue weighted by molar-refractivity contribution is -0.122. The molecule has 0 aliphatic heterocycles. The monoisotopic (exact) mass is 339 g/mol. The summed E-state index contributed by atoms with van der Waals surface area (Å²) in [5.74, 6) is -0.243. The Morgan fingerprint density at radius 2 is 1.92 bits per heavy atom. The van der Waals surface area contributed by atoms with Gasteiger partial charge in [0.05, 0.1) is 4.88 Å². The number of hydrogen-bond acceptors (Lipinski definition) is 4. The molecule has 122 valence electrons. The summed E-state index contributed by atoms with van der Waals surface area (Å²) in [6.07, 6.45) is 0. The van der Waals surface area contributed by atoms with Crippen molar-refractivity contribution in [3.05, 3.63) is 75.4 Å². The fourth-order valence-corrected chi connectivity index (χ4v) is 3.09. The van der Waals surface area contributed by atoms with Crippen LogP contribution in [-0.2, 0) is 17.9 Å². The van der Waals surface area contributed by atoms with Crippen LogP contribution < -0.4 is 10.9 Å². The van der Waals surface area contributed by atoms with Gasteiger partial charge in [-0.2, -0.15) is 5.10 Å². The Morgan fingerprint density at radius 3 is 2.62 bits per heavy atom. The highest BCUT2D eigenvalue weighted by Crippen LogP contribution is 2.24. The number of carbonyl (C=O) groups is 1. The molecule has 3 rings (SSSR count). The maximum atomic E-state index is 12.1. The average molecular weight is 339 g/mol. The molecular formula is C18H17N3O2S. The zero-order valence-corrected chi connectivity index (χ0v) is 14.0. The second kappa shape index (κ2) is 7.23. The van der Waals surface area contributed by atoms with E-state index in [9.17, 15) is 9.59 Å². The van der Waals surface area contributed by atoms with Crippen molar-refractivity contribution in [1.29, 1.82) is 0 Å². The van der Waals surface area contributed by atoms with Crippen molar-refractivity contribution in [3.63, 3.8) is 0 Å². The minimum atomic E-state index is -0.290. The van der Waals surface area contributed by atoms with Crippen LogP contribution in [0, 0.1) is 6.92 Å². The Kier molecular flexibility index (Phi) is 4.86. The lowest BCUT2D eigenvalue weighted by Gasteiger charge is -2.07. The smallest absolute Gasteiger partial charge is 0.267 e. The minimum Gasteiger partial charge on any atom is -0.350 e. The lowest BCUT2D eigenvalue weighted by atomic mass is 10.2. The van der Waals surface area contributed by atoms with E-state index in [0.29, 0.717) is 12.2 Å². The maximum Gasteiger partial charge on any atom is 0.267 e. The third kappa shape index (κ3) is 3.97. The van der Waals surface area contributed by atoms with Crippen LogP contribution in [0.2, 0.25) is 0 Å². The van der Waals surface area contributed by atoms with Gasteiger partial charge >= 0.3 is 0 Å². The topological polar surface area (TPSA) is 64.0 Å². The van der Waals surface area contributed by atoms with E-state index in [0.717, 1.165) is 10.4 Å². The van der Waals surface area contributed by atoms with E-state index in [1.54, 1.807) is 17.4 Å². The Balaban J connectivity index is 1.70. The molecule has 0 fully saturated rings. The standard InChI is InChI=1S/C18H17N3O2S/c1-13-7-9-16(24-13)15-8-10-18(23)21(20-15)12-17(22)19-11-14-5-3-2-4-6-14/h2-10H,11-12H2,1H3,(H,19,22). The molecule has 0 aliphatic carbocycles. The zero-order chi connectivity index (χ0) is 16.9. The Labute approximate surface area is 143 Å². The molecular weight excluding hydrogens is 322 g/mol. The van der Waals surface area contributed by atoms with Gasteiger partial charge in [0.15, 0.2) is 0 Å². The number of nitrogens with one attached hydrogen (secondary N) is 1. The second-order valence-corrected chi connectivity index (χ2v) is 6.67. The van der Waals surface area contributed by atoms with E-state index >= 15 is 0 Å². The van der Waals surface area contributed by atoms with Gasteiger partial charge in [-0.05, 0) is 30.7 Å². The molecule has 6 heteroatoms. The largest absolute Gasteiger partial charge is 0.350 e. The maximum absolute atomic E-state index is 12.1. The zero-order valence-electron chi connectivity index (χ0n) is 13.2. The number of nitrogens with zero attached hydrogens (tertiary/aromatic N) is 2. The Morgan fingerprint density at radius 1 is 1.12 bits per heavy atom. The molecule has 24 heavy (non-hydrogen) atoms. The normalized spacial score (nSPS) is 10.5. The molecule has 3 aromatic rings. The van der Waals surface area contributed by atoms with Gasteiger partial charge in [-0.1, -0.05) is 30.3 Å². The fraction of sp³-hybridized carbons (Fsp3) is 0.167. The van der Waals surface area contributed by atoms with Gasteiger partial charge in [0.25, 0.3) is 5.56 Å². The van der Waals surface area contributed by atoms with Crippen LogP contribution in [0.1, 0.15) is 10.4 Å². The minimum absolute atomic E-state index is 0.0934. The number of benzene rings is 1. The summed E-state index contributed by atoms with van der Waals surface area (Å²) < 4.78 is 1.20. The van der Waals surface area contributed by atoms with Crippen molar-refractivity contribution in [2.24, 2.45) is 0 Å². The van der Waals surface area contributed by atoms with Gasteiger partial charge < -0.3 is 5.32 Å².